The first kappa shape index (κ1) is 16.4. The van der Waals surface area contributed by atoms with Crippen LogP contribution in [0.5, 0.6) is 0 Å². The third-order valence-electron chi connectivity index (χ3n) is 6.31. The number of nitrogens with zero attached hydrogens (tertiary/aromatic N) is 1. The lowest BCUT2D eigenvalue weighted by atomic mass is 9.68. The molecule has 2 aromatic rings. The van der Waals surface area contributed by atoms with Gasteiger partial charge in [0.15, 0.2) is 0 Å². The van der Waals surface area contributed by atoms with Crippen LogP contribution in [0.4, 0.5) is 5.69 Å². The molecular weight excluding hydrogens is 302 g/mol. The molecule has 1 aliphatic heterocycles. The Morgan fingerprint density at radius 3 is 2.68 bits per heavy atom. The molecule has 0 amide bonds. The SMILES string of the molecule is C=c1cc2c(cc1C)=Cc1cc(CC)c3c(c1C2(C)C)CCCN3C. The van der Waals surface area contributed by atoms with Crippen molar-refractivity contribution in [3.8, 4) is 0 Å². The van der Waals surface area contributed by atoms with Crippen LogP contribution in [0.25, 0.3) is 12.7 Å². The summed E-state index contributed by atoms with van der Waals surface area (Å²) in [6.07, 6.45) is 5.96. The standard InChI is InChI=1S/C24H29N/c1-7-17-13-19-14-18-11-15(2)16(3)12-21(18)24(4,5)22(19)20-9-8-10-25(6)23(17)20/h11-14H,3,7-10H2,1-2,4-6H3. The van der Waals surface area contributed by atoms with E-state index in [1.54, 1.807) is 11.1 Å². The molecular formula is C24H29N. The van der Waals surface area contributed by atoms with Crippen LogP contribution in [0.1, 0.15) is 60.6 Å². The number of rotatable bonds is 1. The Morgan fingerprint density at radius 2 is 1.96 bits per heavy atom. The number of fused-ring (bicyclic) bond motifs is 4. The van der Waals surface area contributed by atoms with Gasteiger partial charge >= 0.3 is 0 Å². The second-order valence-electron chi connectivity index (χ2n) is 8.34. The third kappa shape index (κ3) is 2.28. The van der Waals surface area contributed by atoms with Crippen molar-refractivity contribution in [3.05, 3.63) is 62.0 Å². The predicted molar refractivity (Wildman–Crippen MR) is 109 cm³/mol. The molecule has 130 valence electrons. The van der Waals surface area contributed by atoms with Crippen LogP contribution in [0, 0.1) is 6.92 Å². The summed E-state index contributed by atoms with van der Waals surface area (Å²) in [6, 6.07) is 7.09. The fourth-order valence-electron chi connectivity index (χ4n) is 5.00. The van der Waals surface area contributed by atoms with E-state index in [4.69, 9.17) is 0 Å². The summed E-state index contributed by atoms with van der Waals surface area (Å²) in [5.41, 5.74) is 10.3. The molecule has 0 saturated heterocycles. The van der Waals surface area contributed by atoms with Gasteiger partial charge in [-0.2, -0.15) is 0 Å². The van der Waals surface area contributed by atoms with Crippen LogP contribution in [-0.4, -0.2) is 13.6 Å². The summed E-state index contributed by atoms with van der Waals surface area (Å²) in [4.78, 5) is 2.48. The quantitative estimate of drug-likeness (QED) is 0.768. The van der Waals surface area contributed by atoms with Gasteiger partial charge in [-0.25, -0.2) is 0 Å². The van der Waals surface area contributed by atoms with Crippen molar-refractivity contribution in [1.29, 1.82) is 0 Å². The molecule has 0 N–H and O–H groups in total. The van der Waals surface area contributed by atoms with Crippen molar-refractivity contribution < 1.29 is 0 Å². The molecule has 25 heavy (non-hydrogen) atoms. The van der Waals surface area contributed by atoms with Gasteiger partial charge in [0, 0.05) is 24.7 Å². The van der Waals surface area contributed by atoms with Crippen molar-refractivity contribution in [3.63, 3.8) is 0 Å². The zero-order chi connectivity index (χ0) is 17.9. The lowest BCUT2D eigenvalue weighted by Crippen LogP contribution is -2.37. The van der Waals surface area contributed by atoms with Crippen LogP contribution in [0.15, 0.2) is 18.2 Å². The zero-order valence-electron chi connectivity index (χ0n) is 16.3. The van der Waals surface area contributed by atoms with Crippen molar-refractivity contribution in [2.45, 2.75) is 52.4 Å². The fraction of sp³-hybridized carbons (Fsp3) is 0.417. The number of hydrogen-bond donors (Lipinski definition) is 0. The molecule has 1 nitrogen and oxygen atoms in total. The molecule has 1 aliphatic carbocycles. The van der Waals surface area contributed by atoms with Crippen LogP contribution in [0.3, 0.4) is 0 Å². The van der Waals surface area contributed by atoms with Crippen molar-refractivity contribution >= 4 is 18.3 Å². The van der Waals surface area contributed by atoms with Crippen molar-refractivity contribution in [2.24, 2.45) is 0 Å². The van der Waals surface area contributed by atoms with E-state index < -0.39 is 0 Å². The van der Waals surface area contributed by atoms with Gasteiger partial charge in [-0.05, 0) is 82.1 Å². The Hall–Kier alpha value is -2.02. The first-order chi connectivity index (χ1) is 11.8. The van der Waals surface area contributed by atoms with Crippen LogP contribution >= 0.6 is 0 Å². The predicted octanol–water partition coefficient (Wildman–Crippen LogP) is 3.82. The highest BCUT2D eigenvalue weighted by Crippen LogP contribution is 2.44. The van der Waals surface area contributed by atoms with E-state index in [0.717, 1.165) is 11.6 Å². The van der Waals surface area contributed by atoms with Gasteiger partial charge in [0.1, 0.15) is 0 Å². The fourth-order valence-corrected chi connectivity index (χ4v) is 5.00. The Kier molecular flexibility index (Phi) is 3.61. The molecule has 0 aromatic heterocycles. The Bertz CT molecular complexity index is 978. The minimum atomic E-state index is 0.0219. The maximum absolute atomic E-state index is 4.25. The minimum absolute atomic E-state index is 0.0219. The van der Waals surface area contributed by atoms with Crippen molar-refractivity contribution in [1.82, 2.24) is 0 Å². The Balaban J connectivity index is 2.12. The summed E-state index contributed by atoms with van der Waals surface area (Å²) >= 11 is 0. The monoisotopic (exact) mass is 331 g/mol. The van der Waals surface area contributed by atoms with E-state index in [9.17, 15) is 0 Å². The molecule has 1 heterocycles. The van der Waals surface area contributed by atoms with Gasteiger partial charge < -0.3 is 4.90 Å². The van der Waals surface area contributed by atoms with Gasteiger partial charge in [-0.15, -0.1) is 0 Å². The van der Waals surface area contributed by atoms with Gasteiger partial charge in [-0.3, -0.25) is 0 Å². The maximum Gasteiger partial charge on any atom is 0.0432 e. The van der Waals surface area contributed by atoms with E-state index in [0.29, 0.717) is 0 Å². The molecule has 0 fully saturated rings. The van der Waals surface area contributed by atoms with E-state index >= 15 is 0 Å². The molecule has 0 saturated carbocycles. The second kappa shape index (κ2) is 5.49. The van der Waals surface area contributed by atoms with Gasteiger partial charge in [-0.1, -0.05) is 39.5 Å². The number of aryl methyl sites for hydroxylation is 2. The van der Waals surface area contributed by atoms with Crippen molar-refractivity contribution in [2.75, 3.05) is 18.5 Å². The highest BCUT2D eigenvalue weighted by Gasteiger charge is 2.35. The number of anilines is 1. The smallest absolute Gasteiger partial charge is 0.0432 e. The zero-order valence-corrected chi connectivity index (χ0v) is 16.3. The van der Waals surface area contributed by atoms with Gasteiger partial charge in [0.2, 0.25) is 0 Å². The first-order valence-corrected chi connectivity index (χ1v) is 9.56. The Morgan fingerprint density at radius 1 is 1.20 bits per heavy atom. The molecule has 0 unspecified atom stereocenters. The molecule has 2 aromatic carbocycles. The van der Waals surface area contributed by atoms with Gasteiger partial charge in [0.05, 0.1) is 0 Å². The summed E-state index contributed by atoms with van der Waals surface area (Å²) in [5.74, 6) is 0. The average molecular weight is 332 g/mol. The summed E-state index contributed by atoms with van der Waals surface area (Å²) in [7, 11) is 2.26. The van der Waals surface area contributed by atoms with E-state index in [-0.39, 0.29) is 5.41 Å². The van der Waals surface area contributed by atoms with Gasteiger partial charge in [0.25, 0.3) is 0 Å². The molecule has 2 aliphatic rings. The molecule has 0 radical (unpaired) electrons. The summed E-state index contributed by atoms with van der Waals surface area (Å²) in [6.45, 7) is 14.7. The molecule has 0 atom stereocenters. The largest absolute Gasteiger partial charge is 0.374 e. The summed E-state index contributed by atoms with van der Waals surface area (Å²) in [5, 5.41) is 2.52. The molecule has 0 spiro atoms. The maximum atomic E-state index is 4.25. The highest BCUT2D eigenvalue weighted by molar-refractivity contribution is 5.75. The second-order valence-corrected chi connectivity index (χ2v) is 8.34. The minimum Gasteiger partial charge on any atom is -0.374 e. The lowest BCUT2D eigenvalue weighted by molar-refractivity contribution is 0.608. The highest BCUT2D eigenvalue weighted by atomic mass is 15.1. The Labute approximate surface area is 151 Å². The normalized spacial score (nSPS) is 17.4. The molecule has 1 heteroatoms. The number of hydrogen-bond acceptors (Lipinski definition) is 1. The van der Waals surface area contributed by atoms with E-state index in [1.165, 1.54) is 52.5 Å². The lowest BCUT2D eigenvalue weighted by Gasteiger charge is -2.39. The van der Waals surface area contributed by atoms with E-state index in [2.05, 4.69) is 70.5 Å². The molecule has 4 rings (SSSR count). The van der Waals surface area contributed by atoms with Crippen LogP contribution in [-0.2, 0) is 18.3 Å². The summed E-state index contributed by atoms with van der Waals surface area (Å²) < 4.78 is 0. The first-order valence-electron chi connectivity index (χ1n) is 9.56. The third-order valence-corrected chi connectivity index (χ3v) is 6.31. The topological polar surface area (TPSA) is 3.24 Å². The average Bonchev–Trinajstić information content (AvgIpc) is 2.56. The number of benzene rings is 2. The van der Waals surface area contributed by atoms with Crippen LogP contribution < -0.4 is 15.3 Å². The van der Waals surface area contributed by atoms with Crippen LogP contribution in [0.2, 0.25) is 0 Å². The van der Waals surface area contributed by atoms with E-state index in [1.807, 2.05) is 0 Å². The molecule has 0 bridgehead atoms.